The Balaban J connectivity index is 2.04. The van der Waals surface area contributed by atoms with E-state index in [1.807, 2.05) is 0 Å². The van der Waals surface area contributed by atoms with E-state index in [0.29, 0.717) is 18.1 Å². The summed E-state index contributed by atoms with van der Waals surface area (Å²) in [6.07, 6.45) is 1.22. The second-order valence-electron chi connectivity index (χ2n) is 4.06. The zero-order valence-corrected chi connectivity index (χ0v) is 8.58. The molecule has 1 aliphatic rings. The maximum absolute atomic E-state index is 10.8. The van der Waals surface area contributed by atoms with Crippen LogP contribution in [0.4, 0.5) is 0 Å². The fourth-order valence-electron chi connectivity index (χ4n) is 1.89. The molecule has 0 aromatic carbocycles. The lowest BCUT2D eigenvalue weighted by atomic mass is 10.2. The second-order valence-corrected chi connectivity index (χ2v) is 4.06. The van der Waals surface area contributed by atoms with Crippen LogP contribution < -0.4 is 5.82 Å². The van der Waals surface area contributed by atoms with Crippen molar-refractivity contribution in [2.45, 2.75) is 26.8 Å². The van der Waals surface area contributed by atoms with Crippen molar-refractivity contribution < 1.29 is 8.83 Å². The van der Waals surface area contributed by atoms with E-state index in [-0.39, 0.29) is 0 Å². The first kappa shape index (κ1) is 9.52. The first-order valence-corrected chi connectivity index (χ1v) is 4.97. The molecule has 0 unspecified atom stereocenters. The van der Waals surface area contributed by atoms with Gasteiger partial charge in [0.2, 0.25) is 0 Å². The standard InChI is InChI=1S/C10H15NO3/c1-7-3-4-11(5-7)6-9-8(2)13-10(12)14-9/h7H,3-6H2,1-2H3/t7-/m1/s1. The smallest absolute Gasteiger partial charge is 0.396 e. The van der Waals surface area contributed by atoms with Crippen LogP contribution in [-0.2, 0) is 6.54 Å². The highest BCUT2D eigenvalue weighted by Crippen LogP contribution is 2.18. The summed E-state index contributed by atoms with van der Waals surface area (Å²) in [5.41, 5.74) is 0. The van der Waals surface area contributed by atoms with E-state index in [4.69, 9.17) is 8.83 Å². The summed E-state index contributed by atoms with van der Waals surface area (Å²) in [7, 11) is 0. The van der Waals surface area contributed by atoms with E-state index in [1.165, 1.54) is 6.42 Å². The van der Waals surface area contributed by atoms with Crippen LogP contribution in [0.25, 0.3) is 0 Å². The van der Waals surface area contributed by atoms with Gasteiger partial charge in [-0.25, -0.2) is 4.79 Å². The van der Waals surface area contributed by atoms with Gasteiger partial charge in [0.1, 0.15) is 5.76 Å². The molecule has 0 radical (unpaired) electrons. The highest BCUT2D eigenvalue weighted by Gasteiger charge is 2.21. The lowest BCUT2D eigenvalue weighted by Crippen LogP contribution is -2.19. The molecule has 0 spiro atoms. The summed E-state index contributed by atoms with van der Waals surface area (Å²) in [5.74, 6) is 1.43. The van der Waals surface area contributed by atoms with Gasteiger partial charge in [-0.15, -0.1) is 0 Å². The number of likely N-dealkylation sites (tertiary alicyclic amines) is 1. The van der Waals surface area contributed by atoms with Gasteiger partial charge in [0, 0.05) is 6.54 Å². The summed E-state index contributed by atoms with van der Waals surface area (Å²) >= 11 is 0. The van der Waals surface area contributed by atoms with Crippen LogP contribution in [0.15, 0.2) is 13.6 Å². The zero-order chi connectivity index (χ0) is 10.1. The molecule has 1 fully saturated rings. The summed E-state index contributed by atoms with van der Waals surface area (Å²) in [6, 6.07) is 0. The summed E-state index contributed by atoms with van der Waals surface area (Å²) in [4.78, 5) is 13.1. The third-order valence-electron chi connectivity index (χ3n) is 2.71. The molecule has 1 aromatic heterocycles. The van der Waals surface area contributed by atoms with E-state index < -0.39 is 5.82 Å². The van der Waals surface area contributed by atoms with Gasteiger partial charge < -0.3 is 8.83 Å². The van der Waals surface area contributed by atoms with E-state index in [9.17, 15) is 4.79 Å². The minimum absolute atomic E-state index is 0.593. The Labute approximate surface area is 82.5 Å². The molecule has 4 nitrogen and oxygen atoms in total. The van der Waals surface area contributed by atoms with Gasteiger partial charge >= 0.3 is 5.82 Å². The van der Waals surface area contributed by atoms with Crippen LogP contribution in [-0.4, -0.2) is 18.0 Å². The molecule has 0 aliphatic carbocycles. The van der Waals surface area contributed by atoms with Crippen molar-refractivity contribution in [1.82, 2.24) is 4.90 Å². The minimum atomic E-state index is -0.593. The Morgan fingerprint density at radius 1 is 1.50 bits per heavy atom. The highest BCUT2D eigenvalue weighted by molar-refractivity contribution is 5.00. The number of rotatable bonds is 2. The predicted molar refractivity (Wildman–Crippen MR) is 51.0 cm³/mol. The van der Waals surface area contributed by atoms with Crippen LogP contribution in [0.5, 0.6) is 0 Å². The van der Waals surface area contributed by atoms with E-state index in [2.05, 4.69) is 11.8 Å². The highest BCUT2D eigenvalue weighted by atomic mass is 16.6. The van der Waals surface area contributed by atoms with E-state index in [0.717, 1.165) is 19.0 Å². The van der Waals surface area contributed by atoms with E-state index >= 15 is 0 Å². The quantitative estimate of drug-likeness (QED) is 0.718. The average molecular weight is 197 g/mol. The molecule has 14 heavy (non-hydrogen) atoms. The monoisotopic (exact) mass is 197 g/mol. The van der Waals surface area contributed by atoms with Crippen molar-refractivity contribution in [2.75, 3.05) is 13.1 Å². The molecule has 78 valence electrons. The van der Waals surface area contributed by atoms with Crippen molar-refractivity contribution in [1.29, 1.82) is 0 Å². The Bertz CT molecular complexity index is 366. The van der Waals surface area contributed by atoms with Crippen LogP contribution in [0, 0.1) is 12.8 Å². The first-order valence-electron chi connectivity index (χ1n) is 4.97. The maximum atomic E-state index is 10.8. The summed E-state index contributed by atoms with van der Waals surface area (Å²) < 4.78 is 9.75. The van der Waals surface area contributed by atoms with Crippen molar-refractivity contribution in [3.8, 4) is 0 Å². The van der Waals surface area contributed by atoms with Crippen molar-refractivity contribution in [2.24, 2.45) is 5.92 Å². The van der Waals surface area contributed by atoms with Crippen molar-refractivity contribution in [3.05, 3.63) is 22.1 Å². The lowest BCUT2D eigenvalue weighted by molar-refractivity contribution is 0.280. The molecular formula is C10H15NO3. The SMILES string of the molecule is Cc1oc(=O)oc1CN1CC[C@@H](C)C1. The molecular weight excluding hydrogens is 182 g/mol. The van der Waals surface area contributed by atoms with Gasteiger partial charge in [-0.05, 0) is 25.8 Å². The van der Waals surface area contributed by atoms with Crippen LogP contribution in [0.1, 0.15) is 24.9 Å². The van der Waals surface area contributed by atoms with Gasteiger partial charge in [0.25, 0.3) is 0 Å². The maximum Gasteiger partial charge on any atom is 0.519 e. The topological polar surface area (TPSA) is 46.6 Å². The third kappa shape index (κ3) is 1.90. The Hall–Kier alpha value is -1.03. The summed E-state index contributed by atoms with van der Waals surface area (Å²) in [6.45, 7) is 6.85. The van der Waals surface area contributed by atoms with Gasteiger partial charge in [-0.1, -0.05) is 6.92 Å². The zero-order valence-electron chi connectivity index (χ0n) is 8.58. The van der Waals surface area contributed by atoms with Gasteiger partial charge in [0.05, 0.1) is 6.54 Å². The number of hydrogen-bond acceptors (Lipinski definition) is 4. The minimum Gasteiger partial charge on any atom is -0.396 e. The van der Waals surface area contributed by atoms with Crippen LogP contribution in [0.3, 0.4) is 0 Å². The molecule has 1 atom stereocenters. The fourth-order valence-corrected chi connectivity index (χ4v) is 1.89. The molecule has 2 rings (SSSR count). The fraction of sp³-hybridized carbons (Fsp3) is 0.700. The first-order chi connectivity index (χ1) is 6.65. The average Bonchev–Trinajstić information content (AvgIpc) is 2.61. The molecule has 1 aromatic rings. The van der Waals surface area contributed by atoms with Gasteiger partial charge in [-0.2, -0.15) is 0 Å². The van der Waals surface area contributed by atoms with Crippen LogP contribution in [0.2, 0.25) is 0 Å². The van der Waals surface area contributed by atoms with Crippen molar-refractivity contribution in [3.63, 3.8) is 0 Å². The van der Waals surface area contributed by atoms with Gasteiger partial charge in [0.15, 0.2) is 5.76 Å². The third-order valence-corrected chi connectivity index (χ3v) is 2.71. The van der Waals surface area contributed by atoms with Crippen molar-refractivity contribution >= 4 is 0 Å². The molecule has 0 bridgehead atoms. The largest absolute Gasteiger partial charge is 0.519 e. The molecule has 1 saturated heterocycles. The molecule has 0 N–H and O–H groups in total. The molecule has 4 heteroatoms. The van der Waals surface area contributed by atoms with Crippen LogP contribution >= 0.6 is 0 Å². The second kappa shape index (κ2) is 3.61. The van der Waals surface area contributed by atoms with Gasteiger partial charge in [-0.3, -0.25) is 4.90 Å². The Kier molecular flexibility index (Phi) is 2.46. The number of nitrogens with zero attached hydrogens (tertiary/aromatic N) is 1. The molecule has 1 aliphatic heterocycles. The molecule has 2 heterocycles. The Morgan fingerprint density at radius 2 is 2.29 bits per heavy atom. The number of hydrogen-bond donors (Lipinski definition) is 0. The lowest BCUT2D eigenvalue weighted by Gasteiger charge is -2.12. The Morgan fingerprint density at radius 3 is 2.79 bits per heavy atom. The summed E-state index contributed by atoms with van der Waals surface area (Å²) in [5, 5.41) is 0. The molecule has 0 amide bonds. The normalized spacial score (nSPS) is 23.1. The number of aryl methyl sites for hydroxylation is 1. The predicted octanol–water partition coefficient (Wildman–Crippen LogP) is 1.38. The molecule has 0 saturated carbocycles. The van der Waals surface area contributed by atoms with E-state index in [1.54, 1.807) is 6.92 Å².